The summed E-state index contributed by atoms with van der Waals surface area (Å²) >= 11 is 0. The lowest BCUT2D eigenvalue weighted by atomic mass is 9.86. The molecule has 2 fully saturated rings. The standard InChI is InChI=1S/C22H32N6O/c1-15-9-8-10-16(2)27(15)19(29)17-11-4-5-12-18(17)28-21(24)25-20(23)26-22(28)13-6-3-7-14-22/h4-5,11-12,15-16H,3,6-10,13-14H2,1-2H3,(H4,23,24,25,26). The maximum absolute atomic E-state index is 13.7. The minimum atomic E-state index is -0.552. The second kappa shape index (κ2) is 7.69. The summed E-state index contributed by atoms with van der Waals surface area (Å²) in [6.45, 7) is 4.28. The van der Waals surface area contributed by atoms with Gasteiger partial charge in [-0.1, -0.05) is 18.6 Å². The average molecular weight is 397 g/mol. The molecule has 2 unspecified atom stereocenters. The molecule has 2 heterocycles. The van der Waals surface area contributed by atoms with Gasteiger partial charge in [0.15, 0.2) is 0 Å². The fourth-order valence-corrected chi connectivity index (χ4v) is 5.28. The highest BCUT2D eigenvalue weighted by Crippen LogP contribution is 2.41. The number of anilines is 1. The van der Waals surface area contributed by atoms with E-state index in [1.165, 1.54) is 6.42 Å². The third-order valence-corrected chi connectivity index (χ3v) is 6.65. The van der Waals surface area contributed by atoms with Crippen molar-refractivity contribution in [1.82, 2.24) is 4.90 Å². The van der Waals surface area contributed by atoms with Gasteiger partial charge in [0.05, 0.1) is 11.3 Å². The van der Waals surface area contributed by atoms with E-state index in [9.17, 15) is 4.79 Å². The molecule has 1 aromatic rings. The van der Waals surface area contributed by atoms with E-state index in [-0.39, 0.29) is 24.0 Å². The summed E-state index contributed by atoms with van der Waals surface area (Å²) in [4.78, 5) is 26.7. The number of likely N-dealkylation sites (tertiary alicyclic amines) is 1. The predicted octanol–water partition coefficient (Wildman–Crippen LogP) is 3.20. The average Bonchev–Trinajstić information content (AvgIpc) is 2.68. The minimum Gasteiger partial charge on any atom is -0.369 e. The largest absolute Gasteiger partial charge is 0.369 e. The van der Waals surface area contributed by atoms with Crippen molar-refractivity contribution >= 4 is 23.5 Å². The van der Waals surface area contributed by atoms with Gasteiger partial charge in [0.25, 0.3) is 5.91 Å². The van der Waals surface area contributed by atoms with Gasteiger partial charge in [0.2, 0.25) is 11.9 Å². The summed E-state index contributed by atoms with van der Waals surface area (Å²) in [6.07, 6.45) is 8.22. The Kier molecular flexibility index (Phi) is 5.23. The molecule has 2 atom stereocenters. The number of hydrogen-bond donors (Lipinski definition) is 2. The second-order valence-electron chi connectivity index (χ2n) is 8.68. The Morgan fingerprint density at radius 1 is 1.03 bits per heavy atom. The molecule has 1 saturated carbocycles. The molecule has 3 aliphatic rings. The number of nitrogens with two attached hydrogens (primary N) is 2. The van der Waals surface area contributed by atoms with Crippen LogP contribution in [0.2, 0.25) is 0 Å². The number of nitrogens with zero attached hydrogens (tertiary/aromatic N) is 4. The van der Waals surface area contributed by atoms with Crippen LogP contribution >= 0.6 is 0 Å². The van der Waals surface area contributed by atoms with Gasteiger partial charge in [-0.15, -0.1) is 0 Å². The van der Waals surface area contributed by atoms with Crippen molar-refractivity contribution in [1.29, 1.82) is 0 Å². The highest BCUT2D eigenvalue weighted by molar-refractivity contribution is 6.10. The van der Waals surface area contributed by atoms with Crippen molar-refractivity contribution in [3.63, 3.8) is 0 Å². The van der Waals surface area contributed by atoms with Crippen molar-refractivity contribution in [2.45, 2.75) is 83.0 Å². The number of amides is 1. The van der Waals surface area contributed by atoms with Crippen LogP contribution in [0.5, 0.6) is 0 Å². The zero-order chi connectivity index (χ0) is 20.6. The van der Waals surface area contributed by atoms with Crippen LogP contribution in [0.3, 0.4) is 0 Å². The maximum Gasteiger partial charge on any atom is 0.256 e. The Morgan fingerprint density at radius 2 is 1.69 bits per heavy atom. The molecule has 2 aliphatic heterocycles. The first kappa shape index (κ1) is 19.7. The van der Waals surface area contributed by atoms with Crippen molar-refractivity contribution in [2.75, 3.05) is 4.90 Å². The molecule has 0 aromatic heterocycles. The van der Waals surface area contributed by atoms with Crippen LogP contribution in [0.15, 0.2) is 34.3 Å². The topological polar surface area (TPSA) is 100 Å². The van der Waals surface area contributed by atoms with E-state index >= 15 is 0 Å². The SMILES string of the molecule is CC1CCCC(C)N1C(=O)c1ccccc1N1C(N)=NC(N)=NC12CCCCC2. The third kappa shape index (κ3) is 3.47. The van der Waals surface area contributed by atoms with E-state index in [0.29, 0.717) is 11.5 Å². The molecule has 0 bridgehead atoms. The number of piperidine rings is 1. The summed E-state index contributed by atoms with van der Waals surface area (Å²) in [7, 11) is 0. The molecule has 4 N–H and O–H groups in total. The second-order valence-corrected chi connectivity index (χ2v) is 8.68. The summed E-state index contributed by atoms with van der Waals surface area (Å²) < 4.78 is 0. The molecule has 1 amide bonds. The Balaban J connectivity index is 1.78. The van der Waals surface area contributed by atoms with Gasteiger partial charge in [-0.25, -0.2) is 4.99 Å². The van der Waals surface area contributed by atoms with E-state index in [2.05, 4.69) is 18.8 Å². The Bertz CT molecular complexity index is 831. The number of benzene rings is 1. The molecule has 156 valence electrons. The van der Waals surface area contributed by atoms with E-state index in [1.54, 1.807) is 0 Å². The number of rotatable bonds is 2. The lowest BCUT2D eigenvalue weighted by molar-refractivity contribution is 0.0511. The first-order valence-corrected chi connectivity index (χ1v) is 10.8. The lowest BCUT2D eigenvalue weighted by Crippen LogP contribution is -2.59. The van der Waals surface area contributed by atoms with Crippen LogP contribution in [0, 0.1) is 0 Å². The molecular formula is C22H32N6O. The monoisotopic (exact) mass is 396 g/mol. The van der Waals surface area contributed by atoms with Crippen LogP contribution in [-0.4, -0.2) is 40.5 Å². The molecule has 29 heavy (non-hydrogen) atoms. The van der Waals surface area contributed by atoms with Crippen LogP contribution in [0.25, 0.3) is 0 Å². The fraction of sp³-hybridized carbons (Fsp3) is 0.591. The molecule has 4 rings (SSSR count). The number of guanidine groups is 2. The van der Waals surface area contributed by atoms with Gasteiger partial charge in [0, 0.05) is 12.1 Å². The molecule has 1 saturated heterocycles. The Labute approximate surface area is 172 Å². The van der Waals surface area contributed by atoms with Crippen LogP contribution in [0.4, 0.5) is 5.69 Å². The number of carbonyl (C=O) groups excluding carboxylic acids is 1. The first-order valence-electron chi connectivity index (χ1n) is 10.8. The molecule has 1 aromatic carbocycles. The normalized spacial score (nSPS) is 26.8. The van der Waals surface area contributed by atoms with Crippen molar-refractivity contribution in [2.24, 2.45) is 21.5 Å². The molecule has 7 heteroatoms. The Hall–Kier alpha value is -2.57. The van der Waals surface area contributed by atoms with Crippen molar-refractivity contribution < 1.29 is 4.79 Å². The smallest absolute Gasteiger partial charge is 0.256 e. The molecular weight excluding hydrogens is 364 g/mol. The van der Waals surface area contributed by atoms with Gasteiger partial charge in [-0.2, -0.15) is 4.99 Å². The van der Waals surface area contributed by atoms with Crippen LogP contribution < -0.4 is 16.4 Å². The summed E-state index contributed by atoms with van der Waals surface area (Å²) in [5.41, 5.74) is 13.3. The van der Waals surface area contributed by atoms with E-state index in [0.717, 1.165) is 50.6 Å². The number of carbonyl (C=O) groups is 1. The number of aliphatic imine (C=N–C) groups is 2. The first-order chi connectivity index (χ1) is 13.9. The van der Waals surface area contributed by atoms with Crippen molar-refractivity contribution in [3.05, 3.63) is 29.8 Å². The van der Waals surface area contributed by atoms with Crippen molar-refractivity contribution in [3.8, 4) is 0 Å². The summed E-state index contributed by atoms with van der Waals surface area (Å²) in [6, 6.07) is 8.17. The zero-order valence-electron chi connectivity index (χ0n) is 17.5. The van der Waals surface area contributed by atoms with Gasteiger partial charge in [-0.3, -0.25) is 9.69 Å². The van der Waals surface area contributed by atoms with Gasteiger partial charge >= 0.3 is 0 Å². The number of para-hydroxylation sites is 1. The molecule has 7 nitrogen and oxygen atoms in total. The molecule has 1 aliphatic carbocycles. The lowest BCUT2D eigenvalue weighted by Gasteiger charge is -2.46. The summed E-state index contributed by atoms with van der Waals surface area (Å²) in [5, 5.41) is 0. The van der Waals surface area contributed by atoms with E-state index in [4.69, 9.17) is 16.5 Å². The van der Waals surface area contributed by atoms with Crippen LogP contribution in [-0.2, 0) is 0 Å². The molecule has 0 radical (unpaired) electrons. The predicted molar refractivity (Wildman–Crippen MR) is 117 cm³/mol. The maximum atomic E-state index is 13.7. The van der Waals surface area contributed by atoms with Gasteiger partial charge in [0.1, 0.15) is 5.66 Å². The van der Waals surface area contributed by atoms with E-state index < -0.39 is 5.66 Å². The fourth-order valence-electron chi connectivity index (χ4n) is 5.28. The zero-order valence-corrected chi connectivity index (χ0v) is 17.5. The Morgan fingerprint density at radius 3 is 2.38 bits per heavy atom. The molecule has 1 spiro atoms. The number of hydrogen-bond acceptors (Lipinski definition) is 6. The van der Waals surface area contributed by atoms with Gasteiger partial charge in [-0.05, 0) is 70.9 Å². The highest BCUT2D eigenvalue weighted by Gasteiger charge is 2.44. The van der Waals surface area contributed by atoms with Crippen LogP contribution in [0.1, 0.15) is 75.6 Å². The highest BCUT2D eigenvalue weighted by atomic mass is 16.2. The quantitative estimate of drug-likeness (QED) is 0.801. The van der Waals surface area contributed by atoms with Gasteiger partial charge < -0.3 is 16.4 Å². The third-order valence-electron chi connectivity index (χ3n) is 6.65. The summed E-state index contributed by atoms with van der Waals surface area (Å²) in [5.74, 6) is 0.601. The van der Waals surface area contributed by atoms with E-state index in [1.807, 2.05) is 34.1 Å². The minimum absolute atomic E-state index is 0.0570.